The van der Waals surface area contributed by atoms with E-state index >= 15 is 0 Å². The maximum atomic E-state index is 12.1. The maximum absolute atomic E-state index is 12.1. The van der Waals surface area contributed by atoms with E-state index in [4.69, 9.17) is 0 Å². The van der Waals surface area contributed by atoms with Crippen LogP contribution in [0.5, 0.6) is 0 Å². The highest BCUT2D eigenvalue weighted by Crippen LogP contribution is 2.24. The summed E-state index contributed by atoms with van der Waals surface area (Å²) in [6, 6.07) is 8.46. The van der Waals surface area contributed by atoms with Crippen LogP contribution in [0.2, 0.25) is 0 Å². The van der Waals surface area contributed by atoms with Crippen LogP contribution in [0.3, 0.4) is 0 Å². The van der Waals surface area contributed by atoms with Crippen molar-refractivity contribution >= 4 is 11.3 Å². The molecule has 0 aliphatic heterocycles. The summed E-state index contributed by atoms with van der Waals surface area (Å²) in [5.74, 6) is 0. The summed E-state index contributed by atoms with van der Waals surface area (Å²) in [5.41, 5.74) is 3.77. The van der Waals surface area contributed by atoms with Gasteiger partial charge in [-0.15, -0.1) is 0 Å². The number of thiazole rings is 1. The number of rotatable bonds is 2. The van der Waals surface area contributed by atoms with Gasteiger partial charge in [0.15, 0.2) is 0 Å². The Labute approximate surface area is 111 Å². The summed E-state index contributed by atoms with van der Waals surface area (Å²) in [6.07, 6.45) is 4.62. The van der Waals surface area contributed by atoms with Crippen molar-refractivity contribution in [2.24, 2.45) is 0 Å². The van der Waals surface area contributed by atoms with Crippen molar-refractivity contribution in [3.05, 3.63) is 55.6 Å². The van der Waals surface area contributed by atoms with Crippen LogP contribution in [0.25, 0.3) is 0 Å². The van der Waals surface area contributed by atoms with Gasteiger partial charge >= 0.3 is 4.87 Å². The van der Waals surface area contributed by atoms with Gasteiger partial charge in [0.2, 0.25) is 0 Å². The number of benzene rings is 1. The van der Waals surface area contributed by atoms with Crippen LogP contribution in [0.4, 0.5) is 0 Å². The minimum absolute atomic E-state index is 0.211. The van der Waals surface area contributed by atoms with E-state index in [1.54, 1.807) is 0 Å². The van der Waals surface area contributed by atoms with Crippen molar-refractivity contribution in [1.82, 2.24) is 4.57 Å². The first-order valence-corrected chi connectivity index (χ1v) is 7.32. The summed E-state index contributed by atoms with van der Waals surface area (Å²) in [4.78, 5) is 13.6. The molecule has 1 aromatic carbocycles. The van der Waals surface area contributed by atoms with Crippen molar-refractivity contribution in [1.29, 1.82) is 0 Å². The molecule has 0 amide bonds. The summed E-state index contributed by atoms with van der Waals surface area (Å²) in [6.45, 7) is 2.81. The molecule has 0 N–H and O–H groups in total. The highest BCUT2D eigenvalue weighted by atomic mass is 32.1. The van der Waals surface area contributed by atoms with E-state index in [1.165, 1.54) is 45.9 Å². The zero-order valence-corrected chi connectivity index (χ0v) is 11.4. The van der Waals surface area contributed by atoms with E-state index in [0.717, 1.165) is 19.4 Å². The van der Waals surface area contributed by atoms with Crippen LogP contribution in [0.1, 0.15) is 34.5 Å². The van der Waals surface area contributed by atoms with Gasteiger partial charge in [0, 0.05) is 10.6 Å². The van der Waals surface area contributed by atoms with Gasteiger partial charge in [0.1, 0.15) is 0 Å². The van der Waals surface area contributed by atoms with Gasteiger partial charge in [-0.1, -0.05) is 41.2 Å². The highest BCUT2D eigenvalue weighted by molar-refractivity contribution is 7.09. The van der Waals surface area contributed by atoms with Crippen LogP contribution in [-0.2, 0) is 19.4 Å². The van der Waals surface area contributed by atoms with Gasteiger partial charge in [-0.25, -0.2) is 0 Å². The molecule has 1 aromatic heterocycles. The van der Waals surface area contributed by atoms with Gasteiger partial charge < -0.3 is 0 Å². The molecule has 0 radical (unpaired) electrons. The van der Waals surface area contributed by atoms with Gasteiger partial charge in [0.05, 0.1) is 6.54 Å². The zero-order valence-electron chi connectivity index (χ0n) is 10.6. The monoisotopic (exact) mass is 259 g/mol. The Balaban J connectivity index is 1.95. The second-order valence-electron chi connectivity index (χ2n) is 5.02. The largest absolute Gasteiger partial charge is 0.307 e. The fourth-order valence-electron chi connectivity index (χ4n) is 2.56. The first-order chi connectivity index (χ1) is 8.74. The van der Waals surface area contributed by atoms with Crippen LogP contribution in [-0.4, -0.2) is 4.57 Å². The molecule has 0 atom stereocenters. The molecular formula is C15H17NOS. The van der Waals surface area contributed by atoms with Crippen molar-refractivity contribution in [3.63, 3.8) is 0 Å². The number of hydrogen-bond donors (Lipinski definition) is 0. The molecule has 0 saturated heterocycles. The average molecular weight is 259 g/mol. The van der Waals surface area contributed by atoms with Crippen molar-refractivity contribution in [3.8, 4) is 0 Å². The molecule has 0 unspecified atom stereocenters. The van der Waals surface area contributed by atoms with E-state index in [-0.39, 0.29) is 4.87 Å². The van der Waals surface area contributed by atoms with E-state index in [9.17, 15) is 4.79 Å². The van der Waals surface area contributed by atoms with Gasteiger partial charge in [-0.2, -0.15) is 0 Å². The van der Waals surface area contributed by atoms with Crippen LogP contribution in [0.15, 0.2) is 29.1 Å². The zero-order chi connectivity index (χ0) is 12.5. The van der Waals surface area contributed by atoms with E-state index < -0.39 is 0 Å². The first kappa shape index (κ1) is 11.7. The molecule has 3 heteroatoms. The van der Waals surface area contributed by atoms with Gasteiger partial charge in [-0.3, -0.25) is 9.36 Å². The lowest BCUT2D eigenvalue weighted by atomic mass is 10.0. The van der Waals surface area contributed by atoms with E-state index in [2.05, 4.69) is 31.2 Å². The standard InChI is InChI=1S/C15H17NOS/c1-11-6-8-12(9-7-11)10-16-13-4-2-3-5-14(13)18-15(16)17/h6-9H,2-5,10H2,1H3. The smallest absolute Gasteiger partial charge is 0.298 e. The quantitative estimate of drug-likeness (QED) is 0.812. The molecule has 0 saturated carbocycles. The molecule has 0 bridgehead atoms. The molecule has 0 spiro atoms. The summed E-state index contributed by atoms with van der Waals surface area (Å²) in [5, 5.41) is 0. The minimum Gasteiger partial charge on any atom is -0.298 e. The third-order valence-corrected chi connectivity index (χ3v) is 4.69. The number of nitrogens with zero attached hydrogens (tertiary/aromatic N) is 1. The second-order valence-corrected chi connectivity index (χ2v) is 6.06. The van der Waals surface area contributed by atoms with Gasteiger partial charge in [0.25, 0.3) is 0 Å². The van der Waals surface area contributed by atoms with Crippen LogP contribution < -0.4 is 4.87 Å². The predicted octanol–water partition coefficient (Wildman–Crippen LogP) is 3.15. The molecule has 2 nitrogen and oxygen atoms in total. The molecule has 1 aliphatic carbocycles. The summed E-state index contributed by atoms with van der Waals surface area (Å²) >= 11 is 1.45. The van der Waals surface area contributed by atoms with Crippen molar-refractivity contribution < 1.29 is 0 Å². The fourth-order valence-corrected chi connectivity index (χ4v) is 3.64. The van der Waals surface area contributed by atoms with Crippen molar-refractivity contribution in [2.75, 3.05) is 0 Å². The average Bonchev–Trinajstić information content (AvgIpc) is 2.69. The SMILES string of the molecule is Cc1ccc(Cn2c3c(sc2=O)CCCC3)cc1. The summed E-state index contributed by atoms with van der Waals surface area (Å²) < 4.78 is 1.98. The fraction of sp³-hybridized carbons (Fsp3) is 0.400. The number of hydrogen-bond acceptors (Lipinski definition) is 2. The highest BCUT2D eigenvalue weighted by Gasteiger charge is 2.17. The van der Waals surface area contributed by atoms with E-state index in [1.807, 2.05) is 4.57 Å². The molecule has 3 rings (SSSR count). The number of aryl methyl sites for hydroxylation is 2. The molecular weight excluding hydrogens is 242 g/mol. The Morgan fingerprint density at radius 3 is 2.67 bits per heavy atom. The summed E-state index contributed by atoms with van der Waals surface area (Å²) in [7, 11) is 0. The number of aromatic nitrogens is 1. The maximum Gasteiger partial charge on any atom is 0.307 e. The molecule has 0 fully saturated rings. The molecule has 1 aliphatic rings. The van der Waals surface area contributed by atoms with Crippen LogP contribution in [0, 0.1) is 6.92 Å². The third kappa shape index (κ3) is 2.15. The lowest BCUT2D eigenvalue weighted by Crippen LogP contribution is -2.18. The third-order valence-electron chi connectivity index (χ3n) is 3.61. The first-order valence-electron chi connectivity index (χ1n) is 6.51. The Hall–Kier alpha value is -1.35. The Morgan fingerprint density at radius 1 is 1.17 bits per heavy atom. The van der Waals surface area contributed by atoms with Gasteiger partial charge in [-0.05, 0) is 38.2 Å². The lowest BCUT2D eigenvalue weighted by molar-refractivity contribution is 0.625. The Morgan fingerprint density at radius 2 is 1.89 bits per heavy atom. The number of fused-ring (bicyclic) bond motifs is 1. The lowest BCUT2D eigenvalue weighted by Gasteiger charge is -2.14. The van der Waals surface area contributed by atoms with Crippen molar-refractivity contribution in [2.45, 2.75) is 39.2 Å². The Kier molecular flexibility index (Phi) is 3.08. The van der Waals surface area contributed by atoms with Crippen LogP contribution >= 0.6 is 11.3 Å². The normalized spacial score (nSPS) is 14.5. The minimum atomic E-state index is 0.211. The van der Waals surface area contributed by atoms with E-state index in [0.29, 0.717) is 0 Å². The molecule has 1 heterocycles. The predicted molar refractivity (Wildman–Crippen MR) is 75.5 cm³/mol. The Bertz CT molecular complexity index is 606. The second kappa shape index (κ2) is 4.73. The molecule has 2 aromatic rings. The molecule has 94 valence electrons. The molecule has 18 heavy (non-hydrogen) atoms. The topological polar surface area (TPSA) is 22.0 Å².